The molecule has 1 aliphatic heterocycles. The molecule has 7 nitrogen and oxygen atoms in total. The van der Waals surface area contributed by atoms with Crippen molar-refractivity contribution in [1.29, 1.82) is 5.26 Å². The Hall–Kier alpha value is -3.21. The molecule has 1 heterocycles. The Morgan fingerprint density at radius 1 is 1.07 bits per heavy atom. The van der Waals surface area contributed by atoms with Gasteiger partial charge in [-0.05, 0) is 37.1 Å². The molecule has 0 bridgehead atoms. The number of para-hydroxylation sites is 1. The molecule has 0 radical (unpaired) electrons. The topological polar surface area (TPSA) is 94.5 Å². The van der Waals surface area contributed by atoms with E-state index in [9.17, 15) is 9.59 Å². The number of carbonyl (C=O) groups is 2. The molecule has 1 fully saturated rings. The zero-order valence-electron chi connectivity index (χ0n) is 16.8. The molecule has 0 saturated carbocycles. The van der Waals surface area contributed by atoms with Crippen LogP contribution in [0.25, 0.3) is 0 Å². The standard InChI is InChI=1S/C23H26N4O3/c24-16-19-10-4-5-11-20(19)26-23(29)22(28)25-12-6-7-13-27-14-15-30-21(17-27)18-8-2-1-3-9-18/h1-5,8-11,21H,6-7,12-15,17H2,(H,25,28)(H,26,29). The molecular weight excluding hydrogens is 380 g/mol. The fourth-order valence-electron chi connectivity index (χ4n) is 3.39. The number of anilines is 1. The Morgan fingerprint density at radius 2 is 1.83 bits per heavy atom. The molecule has 1 atom stereocenters. The quantitative estimate of drug-likeness (QED) is 0.544. The third kappa shape index (κ3) is 6.14. The molecule has 30 heavy (non-hydrogen) atoms. The van der Waals surface area contributed by atoms with Gasteiger partial charge in [0.25, 0.3) is 0 Å². The average molecular weight is 406 g/mol. The zero-order chi connectivity index (χ0) is 21.2. The van der Waals surface area contributed by atoms with Gasteiger partial charge < -0.3 is 15.4 Å². The number of unbranched alkanes of at least 4 members (excludes halogenated alkanes) is 1. The summed E-state index contributed by atoms with van der Waals surface area (Å²) in [7, 11) is 0. The van der Waals surface area contributed by atoms with Crippen LogP contribution in [-0.4, -0.2) is 49.5 Å². The van der Waals surface area contributed by atoms with Gasteiger partial charge in [-0.15, -0.1) is 0 Å². The second-order valence-electron chi connectivity index (χ2n) is 7.15. The maximum Gasteiger partial charge on any atom is 0.313 e. The predicted molar refractivity (Wildman–Crippen MR) is 114 cm³/mol. The number of ether oxygens (including phenoxy) is 1. The summed E-state index contributed by atoms with van der Waals surface area (Å²) >= 11 is 0. The Morgan fingerprint density at radius 3 is 2.63 bits per heavy atom. The summed E-state index contributed by atoms with van der Waals surface area (Å²) in [4.78, 5) is 26.4. The fraction of sp³-hybridized carbons (Fsp3) is 0.348. The monoisotopic (exact) mass is 406 g/mol. The van der Waals surface area contributed by atoms with E-state index in [-0.39, 0.29) is 6.10 Å². The number of nitriles is 1. The molecule has 0 aromatic heterocycles. The predicted octanol–water partition coefficient (Wildman–Crippen LogP) is 2.47. The minimum Gasteiger partial charge on any atom is -0.371 e. The number of nitrogens with one attached hydrogen (secondary N) is 2. The molecule has 2 aromatic carbocycles. The van der Waals surface area contributed by atoms with E-state index < -0.39 is 11.8 Å². The maximum atomic E-state index is 12.0. The van der Waals surface area contributed by atoms with Gasteiger partial charge in [0.05, 0.1) is 24.0 Å². The van der Waals surface area contributed by atoms with Crippen LogP contribution in [0.4, 0.5) is 5.69 Å². The molecule has 1 aliphatic rings. The summed E-state index contributed by atoms with van der Waals surface area (Å²) in [5.74, 6) is -1.46. The summed E-state index contributed by atoms with van der Waals surface area (Å²) in [6, 6.07) is 18.8. The Balaban J connectivity index is 1.34. The van der Waals surface area contributed by atoms with Crippen molar-refractivity contribution in [3.63, 3.8) is 0 Å². The van der Waals surface area contributed by atoms with Crippen LogP contribution in [0.15, 0.2) is 54.6 Å². The van der Waals surface area contributed by atoms with Gasteiger partial charge >= 0.3 is 11.8 Å². The van der Waals surface area contributed by atoms with E-state index in [1.165, 1.54) is 5.56 Å². The van der Waals surface area contributed by atoms with Gasteiger partial charge in [-0.3, -0.25) is 14.5 Å². The fourth-order valence-corrected chi connectivity index (χ4v) is 3.39. The molecule has 7 heteroatoms. The van der Waals surface area contributed by atoms with Crippen LogP contribution in [0.1, 0.15) is 30.1 Å². The highest BCUT2D eigenvalue weighted by Crippen LogP contribution is 2.22. The number of benzene rings is 2. The first-order chi connectivity index (χ1) is 14.7. The van der Waals surface area contributed by atoms with Crippen LogP contribution in [-0.2, 0) is 14.3 Å². The van der Waals surface area contributed by atoms with Gasteiger partial charge in [-0.1, -0.05) is 42.5 Å². The van der Waals surface area contributed by atoms with Gasteiger partial charge in [-0.25, -0.2) is 0 Å². The number of hydrogen-bond acceptors (Lipinski definition) is 5. The minimum absolute atomic E-state index is 0.0969. The smallest absolute Gasteiger partial charge is 0.313 e. The van der Waals surface area contributed by atoms with E-state index in [0.717, 1.165) is 32.5 Å². The van der Waals surface area contributed by atoms with E-state index in [2.05, 4.69) is 27.7 Å². The van der Waals surface area contributed by atoms with Crippen molar-refractivity contribution in [3.8, 4) is 6.07 Å². The van der Waals surface area contributed by atoms with Crippen LogP contribution in [0.3, 0.4) is 0 Å². The lowest BCUT2D eigenvalue weighted by Crippen LogP contribution is -2.39. The van der Waals surface area contributed by atoms with E-state index in [1.54, 1.807) is 24.3 Å². The van der Waals surface area contributed by atoms with Gasteiger partial charge in [-0.2, -0.15) is 5.26 Å². The van der Waals surface area contributed by atoms with Gasteiger partial charge in [0.1, 0.15) is 6.07 Å². The van der Waals surface area contributed by atoms with Crippen LogP contribution >= 0.6 is 0 Å². The van der Waals surface area contributed by atoms with Crippen LogP contribution in [0.5, 0.6) is 0 Å². The van der Waals surface area contributed by atoms with Crippen molar-refractivity contribution in [3.05, 3.63) is 65.7 Å². The van der Waals surface area contributed by atoms with Crippen molar-refractivity contribution in [2.75, 3.05) is 38.1 Å². The number of amides is 2. The van der Waals surface area contributed by atoms with Gasteiger partial charge in [0.2, 0.25) is 0 Å². The maximum absolute atomic E-state index is 12.0. The normalized spacial score (nSPS) is 16.4. The SMILES string of the molecule is N#Cc1ccccc1NC(=O)C(=O)NCCCCN1CCOC(c2ccccc2)C1. The second kappa shape index (κ2) is 11.1. The lowest BCUT2D eigenvalue weighted by atomic mass is 10.1. The summed E-state index contributed by atoms with van der Waals surface area (Å²) < 4.78 is 5.88. The molecule has 2 N–H and O–H groups in total. The summed E-state index contributed by atoms with van der Waals surface area (Å²) in [5, 5.41) is 14.2. The minimum atomic E-state index is -0.767. The highest BCUT2D eigenvalue weighted by molar-refractivity contribution is 6.39. The molecule has 0 aliphatic carbocycles. The summed E-state index contributed by atoms with van der Waals surface area (Å²) in [6.45, 7) is 3.82. The molecule has 3 rings (SSSR count). The molecule has 0 spiro atoms. The summed E-state index contributed by atoms with van der Waals surface area (Å²) in [6.07, 6.45) is 1.79. The lowest BCUT2D eigenvalue weighted by Gasteiger charge is -2.33. The number of nitrogens with zero attached hydrogens (tertiary/aromatic N) is 2. The van der Waals surface area contributed by atoms with E-state index in [0.29, 0.717) is 24.4 Å². The lowest BCUT2D eigenvalue weighted by molar-refractivity contribution is -0.136. The van der Waals surface area contributed by atoms with Crippen LogP contribution in [0, 0.1) is 11.3 Å². The van der Waals surface area contributed by atoms with Crippen molar-refractivity contribution in [2.24, 2.45) is 0 Å². The first kappa shape index (κ1) is 21.5. The number of rotatable bonds is 7. The largest absolute Gasteiger partial charge is 0.371 e. The van der Waals surface area contributed by atoms with Gasteiger partial charge in [0, 0.05) is 19.6 Å². The Labute approximate surface area is 176 Å². The van der Waals surface area contributed by atoms with Crippen molar-refractivity contribution in [1.82, 2.24) is 10.2 Å². The first-order valence-electron chi connectivity index (χ1n) is 10.1. The second-order valence-corrected chi connectivity index (χ2v) is 7.15. The number of hydrogen-bond donors (Lipinski definition) is 2. The first-order valence-corrected chi connectivity index (χ1v) is 10.1. The van der Waals surface area contributed by atoms with Crippen molar-refractivity contribution < 1.29 is 14.3 Å². The highest BCUT2D eigenvalue weighted by Gasteiger charge is 2.21. The number of morpholine rings is 1. The van der Waals surface area contributed by atoms with Crippen LogP contribution in [0.2, 0.25) is 0 Å². The molecule has 2 amide bonds. The van der Waals surface area contributed by atoms with Crippen molar-refractivity contribution >= 4 is 17.5 Å². The van der Waals surface area contributed by atoms with Crippen molar-refractivity contribution in [2.45, 2.75) is 18.9 Å². The van der Waals surface area contributed by atoms with E-state index >= 15 is 0 Å². The molecule has 2 aromatic rings. The third-order valence-electron chi connectivity index (χ3n) is 5.01. The molecule has 156 valence electrons. The average Bonchev–Trinajstić information content (AvgIpc) is 2.80. The molecular formula is C23H26N4O3. The van der Waals surface area contributed by atoms with E-state index in [1.807, 2.05) is 24.3 Å². The summed E-state index contributed by atoms with van der Waals surface area (Å²) in [5.41, 5.74) is 1.84. The Bertz CT molecular complexity index is 895. The van der Waals surface area contributed by atoms with E-state index in [4.69, 9.17) is 10.00 Å². The highest BCUT2D eigenvalue weighted by atomic mass is 16.5. The number of carbonyl (C=O) groups excluding carboxylic acids is 2. The Kier molecular flexibility index (Phi) is 7.95. The molecule has 1 unspecified atom stereocenters. The third-order valence-corrected chi connectivity index (χ3v) is 5.01. The molecule has 1 saturated heterocycles. The van der Waals surface area contributed by atoms with Crippen LogP contribution < -0.4 is 10.6 Å². The van der Waals surface area contributed by atoms with Gasteiger partial charge in [0.15, 0.2) is 0 Å². The zero-order valence-corrected chi connectivity index (χ0v) is 16.8.